The summed E-state index contributed by atoms with van der Waals surface area (Å²) in [5, 5.41) is 4.51. The minimum absolute atomic E-state index is 0.343. The minimum Gasteiger partial charge on any atom is -0.435 e. The molecule has 108 valence electrons. The summed E-state index contributed by atoms with van der Waals surface area (Å²) >= 11 is 3.38. The molecule has 2 heterocycles. The number of halogens is 1. The molecule has 21 heavy (non-hydrogen) atoms. The number of hydrogen-bond donors (Lipinski definition) is 1. The lowest BCUT2D eigenvalue weighted by Gasteiger charge is -2.08. The zero-order valence-electron chi connectivity index (χ0n) is 11.7. The molecule has 0 aliphatic carbocycles. The van der Waals surface area contributed by atoms with Gasteiger partial charge in [0.2, 0.25) is 5.88 Å². The Bertz CT molecular complexity index is 797. The van der Waals surface area contributed by atoms with Gasteiger partial charge < -0.3 is 10.5 Å². The first-order chi connectivity index (χ1) is 10.0. The van der Waals surface area contributed by atoms with E-state index in [1.165, 1.54) is 0 Å². The molecule has 0 aliphatic rings. The van der Waals surface area contributed by atoms with Gasteiger partial charge in [-0.25, -0.2) is 9.50 Å². The number of ether oxygens (including phenoxy) is 1. The zero-order valence-corrected chi connectivity index (χ0v) is 13.3. The average Bonchev–Trinajstić information content (AvgIpc) is 2.87. The highest BCUT2D eigenvalue weighted by molar-refractivity contribution is 9.10. The summed E-state index contributed by atoms with van der Waals surface area (Å²) in [5.74, 6) is 1.41. The average molecular weight is 347 g/mol. The van der Waals surface area contributed by atoms with Gasteiger partial charge in [-0.2, -0.15) is 5.10 Å². The fourth-order valence-electron chi connectivity index (χ4n) is 1.99. The molecule has 0 saturated heterocycles. The second-order valence-electron chi connectivity index (χ2n) is 5.07. The molecule has 0 unspecified atom stereocenters. The van der Waals surface area contributed by atoms with Gasteiger partial charge in [0.25, 0.3) is 0 Å². The molecule has 0 radical (unpaired) electrons. The molecule has 3 rings (SSSR count). The van der Waals surface area contributed by atoms with E-state index in [2.05, 4.69) is 39.9 Å². The summed E-state index contributed by atoms with van der Waals surface area (Å²) < 4.78 is 8.53. The maximum atomic E-state index is 5.96. The van der Waals surface area contributed by atoms with E-state index in [4.69, 9.17) is 10.5 Å². The number of nitrogen functional groups attached to an aromatic ring is 1. The summed E-state index contributed by atoms with van der Waals surface area (Å²) in [4.78, 5) is 4.29. The van der Waals surface area contributed by atoms with E-state index >= 15 is 0 Å². The zero-order chi connectivity index (χ0) is 15.0. The Balaban J connectivity index is 2.04. The van der Waals surface area contributed by atoms with Crippen LogP contribution < -0.4 is 10.5 Å². The van der Waals surface area contributed by atoms with Crippen molar-refractivity contribution in [1.82, 2.24) is 14.6 Å². The Morgan fingerprint density at radius 1 is 1.29 bits per heavy atom. The van der Waals surface area contributed by atoms with Gasteiger partial charge in [0.05, 0.1) is 11.4 Å². The summed E-state index contributed by atoms with van der Waals surface area (Å²) in [7, 11) is 0. The summed E-state index contributed by atoms with van der Waals surface area (Å²) in [6, 6.07) is 7.47. The van der Waals surface area contributed by atoms with Crippen molar-refractivity contribution in [3.05, 3.63) is 46.8 Å². The Kier molecular flexibility index (Phi) is 3.55. The maximum Gasteiger partial charge on any atom is 0.245 e. The van der Waals surface area contributed by atoms with Crippen LogP contribution in [0.15, 0.2) is 41.1 Å². The lowest BCUT2D eigenvalue weighted by atomic mass is 10.1. The first kappa shape index (κ1) is 13.9. The quantitative estimate of drug-likeness (QED) is 0.728. The van der Waals surface area contributed by atoms with Crippen molar-refractivity contribution in [2.75, 3.05) is 5.73 Å². The van der Waals surface area contributed by atoms with Crippen molar-refractivity contribution >= 4 is 27.1 Å². The molecule has 2 aromatic heterocycles. The van der Waals surface area contributed by atoms with Gasteiger partial charge >= 0.3 is 0 Å². The first-order valence-electron chi connectivity index (χ1n) is 6.62. The van der Waals surface area contributed by atoms with Crippen LogP contribution >= 0.6 is 15.9 Å². The molecule has 0 bridgehead atoms. The second-order valence-corrected chi connectivity index (χ2v) is 5.99. The predicted octanol–water partition coefficient (Wildman–Crippen LogP) is 3.99. The van der Waals surface area contributed by atoms with Crippen LogP contribution in [0.1, 0.15) is 25.5 Å². The highest BCUT2D eigenvalue weighted by atomic mass is 79.9. The third-order valence-electron chi connectivity index (χ3n) is 3.14. The molecular weight excluding hydrogens is 332 g/mol. The maximum absolute atomic E-state index is 5.96. The topological polar surface area (TPSA) is 65.4 Å². The molecule has 0 amide bonds. The van der Waals surface area contributed by atoms with Crippen molar-refractivity contribution in [2.45, 2.75) is 19.8 Å². The largest absolute Gasteiger partial charge is 0.435 e. The van der Waals surface area contributed by atoms with Crippen LogP contribution in [0.25, 0.3) is 5.52 Å². The van der Waals surface area contributed by atoms with Crippen molar-refractivity contribution in [3.8, 4) is 11.6 Å². The standard InChI is InChI=1S/C15H15BrN4O/c1-9(2)12-8-13-15(18-5-6-20(13)19-12)21-14-4-3-10(16)7-11(14)17/h3-9H,17H2,1-2H3. The number of hydrogen-bond acceptors (Lipinski definition) is 4. The number of nitrogens with two attached hydrogens (primary N) is 1. The molecule has 0 spiro atoms. The van der Waals surface area contributed by atoms with Gasteiger partial charge in [-0.15, -0.1) is 0 Å². The number of anilines is 1. The van der Waals surface area contributed by atoms with Crippen molar-refractivity contribution in [1.29, 1.82) is 0 Å². The van der Waals surface area contributed by atoms with Gasteiger partial charge in [-0.3, -0.25) is 0 Å². The third kappa shape index (κ3) is 2.71. The van der Waals surface area contributed by atoms with E-state index in [0.29, 0.717) is 23.2 Å². The summed E-state index contributed by atoms with van der Waals surface area (Å²) in [6.07, 6.45) is 3.47. The Morgan fingerprint density at radius 2 is 2.10 bits per heavy atom. The molecule has 2 N–H and O–H groups in total. The highest BCUT2D eigenvalue weighted by Gasteiger charge is 2.12. The van der Waals surface area contributed by atoms with Crippen LogP contribution in [-0.4, -0.2) is 14.6 Å². The third-order valence-corrected chi connectivity index (χ3v) is 3.64. The van der Waals surface area contributed by atoms with E-state index in [-0.39, 0.29) is 0 Å². The number of fused-ring (bicyclic) bond motifs is 1. The van der Waals surface area contributed by atoms with Crippen molar-refractivity contribution in [3.63, 3.8) is 0 Å². The lowest BCUT2D eigenvalue weighted by Crippen LogP contribution is -1.96. The molecule has 6 heteroatoms. The second kappa shape index (κ2) is 5.37. The van der Waals surface area contributed by atoms with E-state index in [9.17, 15) is 0 Å². The SMILES string of the molecule is CC(C)c1cc2c(Oc3ccc(Br)cc3N)nccn2n1. The first-order valence-corrected chi connectivity index (χ1v) is 7.41. The molecular formula is C15H15BrN4O. The molecule has 0 atom stereocenters. The Morgan fingerprint density at radius 3 is 2.81 bits per heavy atom. The monoisotopic (exact) mass is 346 g/mol. The fraction of sp³-hybridized carbons (Fsp3) is 0.200. The molecule has 3 aromatic rings. The van der Waals surface area contributed by atoms with Gasteiger partial charge in [0.1, 0.15) is 5.52 Å². The van der Waals surface area contributed by atoms with Crippen molar-refractivity contribution < 1.29 is 4.74 Å². The van der Waals surface area contributed by atoms with E-state index < -0.39 is 0 Å². The lowest BCUT2D eigenvalue weighted by molar-refractivity contribution is 0.467. The molecule has 5 nitrogen and oxygen atoms in total. The van der Waals surface area contributed by atoms with Gasteiger partial charge in [-0.05, 0) is 30.2 Å². The van der Waals surface area contributed by atoms with Crippen LogP contribution in [0.4, 0.5) is 5.69 Å². The summed E-state index contributed by atoms with van der Waals surface area (Å²) in [6.45, 7) is 4.20. The van der Waals surface area contributed by atoms with E-state index in [0.717, 1.165) is 15.7 Å². The Hall–Kier alpha value is -2.08. The normalized spacial score (nSPS) is 11.2. The smallest absolute Gasteiger partial charge is 0.245 e. The molecule has 0 fully saturated rings. The van der Waals surface area contributed by atoms with Crippen molar-refractivity contribution in [2.24, 2.45) is 0 Å². The number of aromatic nitrogens is 3. The van der Waals surface area contributed by atoms with Crippen LogP contribution in [0.2, 0.25) is 0 Å². The Labute approximate surface area is 130 Å². The predicted molar refractivity (Wildman–Crippen MR) is 85.7 cm³/mol. The van der Waals surface area contributed by atoms with Crippen LogP contribution in [0, 0.1) is 0 Å². The highest BCUT2D eigenvalue weighted by Crippen LogP contribution is 2.31. The van der Waals surface area contributed by atoms with Gasteiger partial charge in [0, 0.05) is 16.9 Å². The van der Waals surface area contributed by atoms with Gasteiger partial charge in [-0.1, -0.05) is 29.8 Å². The fourth-order valence-corrected chi connectivity index (χ4v) is 2.37. The number of benzene rings is 1. The molecule has 1 aromatic carbocycles. The number of nitrogens with zero attached hydrogens (tertiary/aromatic N) is 3. The number of rotatable bonds is 3. The van der Waals surface area contributed by atoms with E-state index in [1.807, 2.05) is 18.2 Å². The summed E-state index contributed by atoms with van der Waals surface area (Å²) in [5.41, 5.74) is 8.33. The molecule has 0 saturated carbocycles. The van der Waals surface area contributed by atoms with E-state index in [1.54, 1.807) is 23.0 Å². The minimum atomic E-state index is 0.343. The molecule has 0 aliphatic heterocycles. The van der Waals surface area contributed by atoms with Crippen LogP contribution in [0.3, 0.4) is 0 Å². The van der Waals surface area contributed by atoms with Gasteiger partial charge in [0.15, 0.2) is 5.75 Å². The van der Waals surface area contributed by atoms with Crippen LogP contribution in [-0.2, 0) is 0 Å². The van der Waals surface area contributed by atoms with Crippen LogP contribution in [0.5, 0.6) is 11.6 Å².